The number of ether oxygens (including phenoxy) is 1. The van der Waals surface area contributed by atoms with Gasteiger partial charge < -0.3 is 20.5 Å². The summed E-state index contributed by atoms with van der Waals surface area (Å²) in [5.74, 6) is -0.556. The molecular weight excluding hydrogens is 336 g/mol. The first-order chi connectivity index (χ1) is 12.2. The maximum Gasteiger partial charge on any atom is 0.407 e. The third-order valence-electron chi connectivity index (χ3n) is 3.46. The largest absolute Gasteiger partial charge is 0.507 e. The average molecular weight is 364 g/mol. The van der Waals surface area contributed by atoms with E-state index in [4.69, 9.17) is 4.74 Å². The molecule has 0 radical (unpaired) electrons. The first-order valence-electron chi connectivity index (χ1n) is 8.76. The summed E-state index contributed by atoms with van der Waals surface area (Å²) >= 11 is 0. The summed E-state index contributed by atoms with van der Waals surface area (Å²) in [5.41, 5.74) is -0.0660. The van der Waals surface area contributed by atoms with Crippen molar-refractivity contribution in [2.75, 3.05) is 13.1 Å². The van der Waals surface area contributed by atoms with Gasteiger partial charge in [0.1, 0.15) is 17.6 Å². The number of amides is 2. The maximum atomic E-state index is 12.0. The summed E-state index contributed by atoms with van der Waals surface area (Å²) in [5, 5.41) is 15.1. The number of rotatable bonds is 9. The highest BCUT2D eigenvalue weighted by molar-refractivity contribution is 5.98. The van der Waals surface area contributed by atoms with E-state index in [-0.39, 0.29) is 11.3 Å². The minimum absolute atomic E-state index is 0.0937. The van der Waals surface area contributed by atoms with Crippen LogP contribution in [0.2, 0.25) is 0 Å². The topological polar surface area (TPSA) is 105 Å². The lowest BCUT2D eigenvalue weighted by Gasteiger charge is -2.19. The zero-order chi connectivity index (χ0) is 19.6. The van der Waals surface area contributed by atoms with Crippen LogP contribution >= 0.6 is 0 Å². The Bertz CT molecular complexity index is 623. The molecule has 0 atom stereocenters. The van der Waals surface area contributed by atoms with Crippen molar-refractivity contribution in [3.8, 4) is 5.75 Å². The van der Waals surface area contributed by atoms with E-state index >= 15 is 0 Å². The molecule has 0 saturated carbocycles. The van der Waals surface area contributed by atoms with Crippen LogP contribution in [0.4, 0.5) is 4.79 Å². The minimum Gasteiger partial charge on any atom is -0.507 e. The molecule has 26 heavy (non-hydrogen) atoms. The number of nitrogens with one attached hydrogen (secondary N) is 2. The highest BCUT2D eigenvalue weighted by atomic mass is 16.6. The monoisotopic (exact) mass is 364 g/mol. The maximum absolute atomic E-state index is 12.0. The van der Waals surface area contributed by atoms with Gasteiger partial charge in [0, 0.05) is 18.7 Å². The molecule has 1 aromatic rings. The molecule has 0 aliphatic rings. The quantitative estimate of drug-likeness (QED) is 0.461. The number of benzene rings is 1. The Morgan fingerprint density at radius 2 is 1.69 bits per heavy atom. The van der Waals surface area contributed by atoms with Gasteiger partial charge in [0.05, 0.1) is 5.56 Å². The summed E-state index contributed by atoms with van der Waals surface area (Å²) in [6.45, 7) is 6.47. The molecule has 0 unspecified atom stereocenters. The lowest BCUT2D eigenvalue weighted by Crippen LogP contribution is -2.33. The van der Waals surface area contributed by atoms with Gasteiger partial charge in [0.15, 0.2) is 0 Å². The SMILES string of the molecule is CC(C)(C)OC(=O)NCCCCCCNC(=O)c1cc(C=O)ccc1O. The van der Waals surface area contributed by atoms with E-state index in [1.807, 2.05) is 20.8 Å². The molecule has 7 nitrogen and oxygen atoms in total. The van der Waals surface area contributed by atoms with Gasteiger partial charge in [-0.05, 0) is 51.8 Å². The van der Waals surface area contributed by atoms with E-state index in [1.54, 1.807) is 0 Å². The Hall–Kier alpha value is -2.57. The number of phenolic OH excluding ortho intramolecular Hbond substituents is 1. The molecular formula is C19H28N2O5. The van der Waals surface area contributed by atoms with Crippen LogP contribution in [0.1, 0.15) is 67.2 Å². The van der Waals surface area contributed by atoms with Crippen LogP contribution in [0.15, 0.2) is 18.2 Å². The lowest BCUT2D eigenvalue weighted by atomic mass is 10.1. The molecule has 2 amide bonds. The Morgan fingerprint density at radius 1 is 1.08 bits per heavy atom. The first-order valence-corrected chi connectivity index (χ1v) is 8.76. The van der Waals surface area contributed by atoms with Crippen LogP contribution in [0, 0.1) is 0 Å². The van der Waals surface area contributed by atoms with Crippen molar-refractivity contribution in [1.82, 2.24) is 10.6 Å². The number of unbranched alkanes of at least 4 members (excludes halogenated alkanes) is 3. The average Bonchev–Trinajstić information content (AvgIpc) is 2.55. The number of phenols is 1. The highest BCUT2D eigenvalue weighted by Crippen LogP contribution is 2.17. The molecule has 7 heteroatoms. The molecule has 0 aliphatic carbocycles. The predicted molar refractivity (Wildman–Crippen MR) is 98.5 cm³/mol. The molecule has 3 N–H and O–H groups in total. The van der Waals surface area contributed by atoms with E-state index in [0.717, 1.165) is 25.7 Å². The van der Waals surface area contributed by atoms with Crippen LogP contribution in [0.25, 0.3) is 0 Å². The van der Waals surface area contributed by atoms with Gasteiger partial charge in [-0.2, -0.15) is 0 Å². The highest BCUT2D eigenvalue weighted by Gasteiger charge is 2.15. The predicted octanol–water partition coefficient (Wildman–Crippen LogP) is 3.02. The molecule has 1 aromatic carbocycles. The third kappa shape index (κ3) is 8.50. The van der Waals surface area contributed by atoms with E-state index in [1.165, 1.54) is 18.2 Å². The van der Waals surface area contributed by atoms with Gasteiger partial charge >= 0.3 is 6.09 Å². The van der Waals surface area contributed by atoms with Gasteiger partial charge in [0.25, 0.3) is 5.91 Å². The number of alkyl carbamates (subject to hydrolysis) is 1. The van der Waals surface area contributed by atoms with Crippen molar-refractivity contribution in [3.05, 3.63) is 29.3 Å². The van der Waals surface area contributed by atoms with Gasteiger partial charge in [0.2, 0.25) is 0 Å². The van der Waals surface area contributed by atoms with Crippen molar-refractivity contribution >= 4 is 18.3 Å². The van der Waals surface area contributed by atoms with Crippen LogP contribution in [-0.4, -0.2) is 42.1 Å². The van der Waals surface area contributed by atoms with E-state index < -0.39 is 17.6 Å². The Labute approximate surface area is 154 Å². The standard InChI is InChI=1S/C19H28N2O5/c1-19(2,3)26-18(25)21-11-7-5-4-6-10-20-17(24)15-12-14(13-22)8-9-16(15)23/h8-9,12-13,23H,4-7,10-11H2,1-3H3,(H,20,24)(H,21,25). The molecule has 0 bridgehead atoms. The van der Waals surface area contributed by atoms with Gasteiger partial charge in [-0.1, -0.05) is 12.8 Å². The molecule has 0 fully saturated rings. The molecule has 144 valence electrons. The summed E-state index contributed by atoms with van der Waals surface area (Å²) < 4.78 is 5.14. The van der Waals surface area contributed by atoms with Gasteiger partial charge in [-0.25, -0.2) is 4.79 Å². The second-order valence-corrected chi connectivity index (χ2v) is 6.99. The lowest BCUT2D eigenvalue weighted by molar-refractivity contribution is 0.0526. The minimum atomic E-state index is -0.498. The summed E-state index contributed by atoms with van der Waals surface area (Å²) in [4.78, 5) is 34.2. The van der Waals surface area contributed by atoms with Crippen LogP contribution in [0.5, 0.6) is 5.75 Å². The number of carbonyl (C=O) groups excluding carboxylic acids is 3. The molecule has 1 rings (SSSR count). The number of aldehydes is 1. The second kappa shape index (κ2) is 10.4. The number of hydrogen-bond acceptors (Lipinski definition) is 5. The molecule has 0 saturated heterocycles. The summed E-state index contributed by atoms with van der Waals surface area (Å²) in [6.07, 6.45) is 3.64. The van der Waals surface area contributed by atoms with Crippen LogP contribution in [0.3, 0.4) is 0 Å². The number of aromatic hydroxyl groups is 1. The smallest absolute Gasteiger partial charge is 0.407 e. The van der Waals surface area contributed by atoms with E-state index in [2.05, 4.69) is 10.6 Å². The molecule has 0 spiro atoms. The summed E-state index contributed by atoms with van der Waals surface area (Å²) in [6, 6.07) is 4.14. The van der Waals surface area contributed by atoms with Crippen LogP contribution < -0.4 is 10.6 Å². The van der Waals surface area contributed by atoms with Gasteiger partial charge in [-0.15, -0.1) is 0 Å². The fraction of sp³-hybridized carbons (Fsp3) is 0.526. The summed E-state index contributed by atoms with van der Waals surface area (Å²) in [7, 11) is 0. The van der Waals surface area contributed by atoms with Crippen LogP contribution in [-0.2, 0) is 4.74 Å². The Kier molecular flexibility index (Phi) is 8.61. The second-order valence-electron chi connectivity index (χ2n) is 6.99. The fourth-order valence-corrected chi connectivity index (χ4v) is 2.21. The fourth-order valence-electron chi connectivity index (χ4n) is 2.21. The van der Waals surface area contributed by atoms with E-state index in [0.29, 0.717) is 24.9 Å². The van der Waals surface area contributed by atoms with Gasteiger partial charge in [-0.3, -0.25) is 9.59 Å². The normalized spacial score (nSPS) is 10.9. The third-order valence-corrected chi connectivity index (χ3v) is 3.46. The van der Waals surface area contributed by atoms with Crippen molar-refractivity contribution in [2.24, 2.45) is 0 Å². The van der Waals surface area contributed by atoms with Crippen molar-refractivity contribution in [2.45, 2.75) is 52.1 Å². The van der Waals surface area contributed by atoms with Crippen molar-refractivity contribution in [1.29, 1.82) is 0 Å². The Balaban J connectivity index is 2.15. The molecule has 0 aliphatic heterocycles. The molecule has 0 heterocycles. The zero-order valence-electron chi connectivity index (χ0n) is 15.6. The number of carbonyl (C=O) groups is 3. The molecule has 0 aromatic heterocycles. The first kappa shape index (κ1) is 21.5. The van der Waals surface area contributed by atoms with E-state index in [9.17, 15) is 19.5 Å². The zero-order valence-corrected chi connectivity index (χ0v) is 15.6. The van der Waals surface area contributed by atoms with Crippen molar-refractivity contribution < 1.29 is 24.2 Å². The number of hydrogen-bond donors (Lipinski definition) is 3. The Morgan fingerprint density at radius 3 is 2.27 bits per heavy atom. The van der Waals surface area contributed by atoms with Crippen molar-refractivity contribution in [3.63, 3.8) is 0 Å².